The molecule has 1 aromatic carbocycles. The van der Waals surface area contributed by atoms with E-state index < -0.39 is 16.9 Å². The van der Waals surface area contributed by atoms with Crippen molar-refractivity contribution in [2.45, 2.75) is 45.6 Å². The van der Waals surface area contributed by atoms with Gasteiger partial charge in [-0.15, -0.1) is 0 Å². The molecular weight excluding hydrogens is 512 g/mol. The predicted octanol–water partition coefficient (Wildman–Crippen LogP) is 3.92. The van der Waals surface area contributed by atoms with E-state index in [1.165, 1.54) is 31.0 Å². The van der Waals surface area contributed by atoms with Gasteiger partial charge in [0.2, 0.25) is 5.91 Å². The van der Waals surface area contributed by atoms with Crippen LogP contribution >= 0.6 is 11.8 Å². The van der Waals surface area contributed by atoms with Gasteiger partial charge < -0.3 is 19.3 Å². The van der Waals surface area contributed by atoms with Gasteiger partial charge in [0.1, 0.15) is 0 Å². The zero-order chi connectivity index (χ0) is 27.4. The lowest BCUT2D eigenvalue weighted by Gasteiger charge is -2.37. The van der Waals surface area contributed by atoms with Crippen molar-refractivity contribution in [2.75, 3.05) is 26.8 Å². The number of likely N-dealkylation sites (tertiary alicyclic amines) is 1. The smallest absolute Gasteiger partial charge is 0.338 e. The molecule has 0 spiro atoms. The number of carbonyl (C=O) groups is 3. The number of carbonyl (C=O) groups excluding carboxylic acids is 3. The molecule has 0 radical (unpaired) electrons. The number of nitrogens with zero attached hydrogens (tertiary/aromatic N) is 4. The van der Waals surface area contributed by atoms with E-state index in [0.29, 0.717) is 66.7 Å². The first-order valence-corrected chi connectivity index (χ1v) is 13.4. The van der Waals surface area contributed by atoms with Crippen LogP contribution in [0.15, 0.2) is 51.6 Å². The lowest BCUT2D eigenvalue weighted by molar-refractivity contribution is -0.384. The summed E-state index contributed by atoms with van der Waals surface area (Å²) in [6.45, 7) is 4.80. The Bertz CT molecular complexity index is 1220. The van der Waals surface area contributed by atoms with Crippen molar-refractivity contribution >= 4 is 40.5 Å². The minimum absolute atomic E-state index is 0.0426. The maximum Gasteiger partial charge on any atom is 0.338 e. The SMILES string of the molecule is CCOC(=O)[C@@H]1CCCN(C(=O)CC2=CSC3=NC(CC)=C(C(=O)OC)[C@H](c4ccc([N+](=O)[O-])cc4)N23)C1. The lowest BCUT2D eigenvalue weighted by atomic mass is 9.92. The van der Waals surface area contributed by atoms with Crippen LogP contribution in [0.3, 0.4) is 0 Å². The van der Waals surface area contributed by atoms with Crippen LogP contribution in [0.4, 0.5) is 5.69 Å². The second kappa shape index (κ2) is 11.8. The number of non-ortho nitro benzene ring substituents is 1. The summed E-state index contributed by atoms with van der Waals surface area (Å²) in [6.07, 6.45) is 1.91. The van der Waals surface area contributed by atoms with Crippen molar-refractivity contribution in [3.63, 3.8) is 0 Å². The molecule has 0 N–H and O–H groups in total. The quantitative estimate of drug-likeness (QED) is 0.272. The summed E-state index contributed by atoms with van der Waals surface area (Å²) >= 11 is 1.36. The summed E-state index contributed by atoms with van der Waals surface area (Å²) in [5, 5.41) is 13.7. The van der Waals surface area contributed by atoms with Crippen LogP contribution in [-0.4, -0.2) is 64.5 Å². The Balaban J connectivity index is 1.64. The van der Waals surface area contributed by atoms with Gasteiger partial charge >= 0.3 is 11.9 Å². The molecule has 3 aliphatic heterocycles. The van der Waals surface area contributed by atoms with E-state index in [0.717, 1.165) is 0 Å². The van der Waals surface area contributed by atoms with Crippen molar-refractivity contribution in [2.24, 2.45) is 10.9 Å². The molecule has 0 bridgehead atoms. The number of nitro benzene ring substituents is 1. The van der Waals surface area contributed by atoms with Gasteiger partial charge in [-0.25, -0.2) is 9.79 Å². The molecule has 0 unspecified atom stereocenters. The third-order valence-corrected chi connectivity index (χ3v) is 7.66. The molecule has 1 fully saturated rings. The number of amidine groups is 1. The van der Waals surface area contributed by atoms with Gasteiger partial charge in [0, 0.05) is 30.9 Å². The Morgan fingerprint density at radius 2 is 1.95 bits per heavy atom. The van der Waals surface area contributed by atoms with E-state index >= 15 is 0 Å². The Morgan fingerprint density at radius 1 is 1.21 bits per heavy atom. The highest BCUT2D eigenvalue weighted by Gasteiger charge is 2.42. The van der Waals surface area contributed by atoms with E-state index in [4.69, 9.17) is 14.5 Å². The largest absolute Gasteiger partial charge is 0.466 e. The summed E-state index contributed by atoms with van der Waals surface area (Å²) in [6, 6.07) is 5.33. The van der Waals surface area contributed by atoms with Crippen LogP contribution in [0.5, 0.6) is 0 Å². The molecule has 11 nitrogen and oxygen atoms in total. The monoisotopic (exact) mass is 542 g/mol. The number of thioether (sulfide) groups is 1. The maximum absolute atomic E-state index is 13.4. The number of hydrogen-bond acceptors (Lipinski definition) is 10. The van der Waals surface area contributed by atoms with Crippen LogP contribution in [0.1, 0.15) is 51.1 Å². The molecule has 4 rings (SSSR count). The number of piperidine rings is 1. The third-order valence-electron chi connectivity index (χ3n) is 6.78. The van der Waals surface area contributed by atoms with E-state index in [1.54, 1.807) is 24.0 Å². The van der Waals surface area contributed by atoms with Gasteiger partial charge in [-0.1, -0.05) is 18.7 Å². The van der Waals surface area contributed by atoms with Gasteiger partial charge in [0.25, 0.3) is 5.69 Å². The van der Waals surface area contributed by atoms with Crippen LogP contribution < -0.4 is 0 Å². The molecule has 3 aliphatic rings. The van der Waals surface area contributed by atoms with E-state index in [9.17, 15) is 24.5 Å². The highest BCUT2D eigenvalue weighted by molar-refractivity contribution is 8.16. The van der Waals surface area contributed by atoms with Crippen LogP contribution in [-0.2, 0) is 23.9 Å². The Kier molecular flexibility index (Phi) is 8.50. The molecule has 202 valence electrons. The molecule has 2 atom stereocenters. The van der Waals surface area contributed by atoms with Gasteiger partial charge in [-0.05, 0) is 49.3 Å². The predicted molar refractivity (Wildman–Crippen MR) is 141 cm³/mol. The molecule has 0 aromatic heterocycles. The molecule has 0 saturated carbocycles. The van der Waals surface area contributed by atoms with Crippen LogP contribution in [0.2, 0.25) is 0 Å². The fourth-order valence-electron chi connectivity index (χ4n) is 4.93. The van der Waals surface area contributed by atoms with E-state index in [2.05, 4.69) is 0 Å². The zero-order valence-corrected chi connectivity index (χ0v) is 22.4. The average molecular weight is 543 g/mol. The standard InChI is InChI=1S/C26H30N4O7S/c1-4-20-22(25(33)36-3)23(16-8-10-18(11-9-16)30(34)35)29-19(15-38-26(29)27-20)13-21(31)28-12-6-7-17(14-28)24(32)37-5-2/h8-11,15,17,23H,4-7,12-14H2,1-3H3/t17-,23+/m1/s1. The highest BCUT2D eigenvalue weighted by Crippen LogP contribution is 2.45. The van der Waals surface area contributed by atoms with Gasteiger partial charge in [-0.3, -0.25) is 19.7 Å². The van der Waals surface area contributed by atoms with Crippen LogP contribution in [0, 0.1) is 16.0 Å². The lowest BCUT2D eigenvalue weighted by Crippen LogP contribution is -2.44. The first-order chi connectivity index (χ1) is 18.3. The third kappa shape index (κ3) is 5.45. The number of esters is 2. The fraction of sp³-hybridized carbons (Fsp3) is 0.462. The van der Waals surface area contributed by atoms with Crippen molar-refractivity contribution in [1.82, 2.24) is 9.80 Å². The molecular formula is C26H30N4O7S. The minimum Gasteiger partial charge on any atom is -0.466 e. The molecule has 1 aromatic rings. The summed E-state index contributed by atoms with van der Waals surface area (Å²) in [5.74, 6) is -1.33. The summed E-state index contributed by atoms with van der Waals surface area (Å²) < 4.78 is 10.3. The van der Waals surface area contributed by atoms with Gasteiger partial charge in [0.05, 0.1) is 48.3 Å². The van der Waals surface area contributed by atoms with Gasteiger partial charge in [-0.2, -0.15) is 0 Å². The number of amides is 1. The van der Waals surface area contributed by atoms with Crippen molar-refractivity contribution in [3.8, 4) is 0 Å². The number of allylic oxidation sites excluding steroid dienone is 1. The number of ether oxygens (including phenoxy) is 2. The van der Waals surface area contributed by atoms with Crippen LogP contribution in [0.25, 0.3) is 0 Å². The highest BCUT2D eigenvalue weighted by atomic mass is 32.2. The number of benzene rings is 1. The van der Waals surface area contributed by atoms with Crippen molar-refractivity contribution < 1.29 is 28.8 Å². The Labute approximate surface area is 224 Å². The van der Waals surface area contributed by atoms with Crippen molar-refractivity contribution in [1.29, 1.82) is 0 Å². The zero-order valence-electron chi connectivity index (χ0n) is 21.5. The summed E-state index contributed by atoms with van der Waals surface area (Å²) in [4.78, 5) is 57.6. The second-order valence-corrected chi connectivity index (χ2v) is 9.89. The number of rotatable bonds is 8. The first-order valence-electron chi connectivity index (χ1n) is 12.5. The van der Waals surface area contributed by atoms with E-state index in [1.807, 2.05) is 17.2 Å². The molecule has 12 heteroatoms. The Hall–Kier alpha value is -3.67. The Morgan fingerprint density at radius 3 is 2.58 bits per heavy atom. The summed E-state index contributed by atoms with van der Waals surface area (Å²) in [5.41, 5.74) is 2.11. The molecule has 1 saturated heterocycles. The number of aliphatic imine (C=N–C) groups is 1. The van der Waals surface area contributed by atoms with Gasteiger partial charge in [0.15, 0.2) is 5.17 Å². The normalized spacial score (nSPS) is 20.9. The number of hydrogen-bond donors (Lipinski definition) is 0. The van der Waals surface area contributed by atoms with E-state index in [-0.39, 0.29) is 29.9 Å². The minimum atomic E-state index is -0.673. The average Bonchev–Trinajstić information content (AvgIpc) is 3.33. The first kappa shape index (κ1) is 27.4. The topological polar surface area (TPSA) is 132 Å². The molecule has 38 heavy (non-hydrogen) atoms. The molecule has 1 amide bonds. The molecule has 0 aliphatic carbocycles. The second-order valence-electron chi connectivity index (χ2n) is 9.06. The number of fused-ring (bicyclic) bond motifs is 1. The molecule has 3 heterocycles. The summed E-state index contributed by atoms with van der Waals surface area (Å²) in [7, 11) is 1.30. The number of nitro groups is 1. The number of methoxy groups -OCH3 is 1. The maximum atomic E-state index is 13.4. The van der Waals surface area contributed by atoms with Crippen molar-refractivity contribution in [3.05, 3.63) is 62.3 Å². The fourth-order valence-corrected chi connectivity index (χ4v) is 5.87.